The van der Waals surface area contributed by atoms with Crippen LogP contribution in [0.5, 0.6) is 0 Å². The SMILES string of the molecule is CCCCc1cc(=O)n(CC(=O)N2CCN(c3ccccc3Cl)CC2)cn1. The van der Waals surface area contributed by atoms with Gasteiger partial charge in [-0.1, -0.05) is 37.1 Å². The Labute approximate surface area is 164 Å². The van der Waals surface area contributed by atoms with Gasteiger partial charge in [0, 0.05) is 37.9 Å². The molecule has 0 atom stereocenters. The van der Waals surface area contributed by atoms with Crippen LogP contribution >= 0.6 is 11.6 Å². The summed E-state index contributed by atoms with van der Waals surface area (Å²) in [6, 6.07) is 9.27. The Morgan fingerprint density at radius 1 is 1.19 bits per heavy atom. The van der Waals surface area contributed by atoms with Crippen LogP contribution in [-0.2, 0) is 17.8 Å². The standard InChI is InChI=1S/C20H25ClN4O2/c1-2-3-6-16-13-19(26)25(15-22-16)14-20(27)24-11-9-23(10-12-24)18-8-5-4-7-17(18)21/h4-5,7-8,13,15H,2-3,6,9-12,14H2,1H3. The van der Waals surface area contributed by atoms with Crippen molar-refractivity contribution in [3.8, 4) is 0 Å². The summed E-state index contributed by atoms with van der Waals surface area (Å²) in [5.74, 6) is -0.0565. The fourth-order valence-corrected chi connectivity index (χ4v) is 3.48. The van der Waals surface area contributed by atoms with Crippen molar-refractivity contribution in [3.63, 3.8) is 0 Å². The molecule has 2 heterocycles. The molecule has 1 saturated heterocycles. The molecule has 6 nitrogen and oxygen atoms in total. The number of nitrogens with zero attached hydrogens (tertiary/aromatic N) is 4. The summed E-state index contributed by atoms with van der Waals surface area (Å²) >= 11 is 6.26. The first-order chi connectivity index (χ1) is 13.1. The van der Waals surface area contributed by atoms with E-state index in [1.165, 1.54) is 17.0 Å². The number of amides is 1. The number of rotatable bonds is 6. The first kappa shape index (κ1) is 19.4. The maximum absolute atomic E-state index is 12.6. The van der Waals surface area contributed by atoms with Gasteiger partial charge in [-0.3, -0.25) is 14.2 Å². The van der Waals surface area contributed by atoms with Gasteiger partial charge < -0.3 is 9.80 Å². The number of aryl methyl sites for hydroxylation is 1. The molecule has 0 radical (unpaired) electrons. The maximum Gasteiger partial charge on any atom is 0.253 e. The highest BCUT2D eigenvalue weighted by Crippen LogP contribution is 2.26. The van der Waals surface area contributed by atoms with Crippen LogP contribution in [0.25, 0.3) is 0 Å². The molecular formula is C20H25ClN4O2. The van der Waals surface area contributed by atoms with Crippen molar-refractivity contribution >= 4 is 23.2 Å². The lowest BCUT2D eigenvalue weighted by Crippen LogP contribution is -2.50. The van der Waals surface area contributed by atoms with Crippen LogP contribution in [0, 0.1) is 0 Å². The Hall–Kier alpha value is -2.34. The highest BCUT2D eigenvalue weighted by Gasteiger charge is 2.22. The fraction of sp³-hybridized carbons (Fsp3) is 0.450. The van der Waals surface area contributed by atoms with E-state index in [-0.39, 0.29) is 18.0 Å². The topological polar surface area (TPSA) is 58.4 Å². The van der Waals surface area contributed by atoms with Crippen molar-refractivity contribution in [2.45, 2.75) is 32.7 Å². The van der Waals surface area contributed by atoms with Crippen molar-refractivity contribution < 1.29 is 4.79 Å². The molecule has 0 aliphatic carbocycles. The minimum Gasteiger partial charge on any atom is -0.367 e. The summed E-state index contributed by atoms with van der Waals surface area (Å²) in [6.45, 7) is 4.80. The number of para-hydroxylation sites is 1. The first-order valence-corrected chi connectivity index (χ1v) is 9.79. The third-order valence-electron chi connectivity index (χ3n) is 4.85. The zero-order valence-electron chi connectivity index (χ0n) is 15.6. The van der Waals surface area contributed by atoms with E-state index in [9.17, 15) is 9.59 Å². The van der Waals surface area contributed by atoms with E-state index >= 15 is 0 Å². The van der Waals surface area contributed by atoms with E-state index in [2.05, 4.69) is 16.8 Å². The molecule has 0 spiro atoms. The number of hydrogen-bond donors (Lipinski definition) is 0. The number of piperazine rings is 1. The minimum atomic E-state index is -0.167. The van der Waals surface area contributed by atoms with Crippen molar-refractivity contribution in [2.24, 2.45) is 0 Å². The molecule has 1 aromatic carbocycles. The number of anilines is 1. The van der Waals surface area contributed by atoms with Crippen LogP contribution in [0.15, 0.2) is 41.5 Å². The smallest absolute Gasteiger partial charge is 0.253 e. The monoisotopic (exact) mass is 388 g/mol. The molecule has 7 heteroatoms. The van der Waals surface area contributed by atoms with Crippen LogP contribution in [0.4, 0.5) is 5.69 Å². The normalized spacial score (nSPS) is 14.4. The molecule has 3 rings (SSSR count). The Kier molecular flexibility index (Phi) is 6.50. The lowest BCUT2D eigenvalue weighted by Gasteiger charge is -2.36. The molecule has 2 aromatic rings. The minimum absolute atomic E-state index is 0.0337. The number of carbonyl (C=O) groups excluding carboxylic acids is 1. The predicted molar refractivity (Wildman–Crippen MR) is 107 cm³/mol. The number of benzene rings is 1. The fourth-order valence-electron chi connectivity index (χ4n) is 3.23. The van der Waals surface area contributed by atoms with E-state index in [4.69, 9.17) is 11.6 Å². The summed E-state index contributed by atoms with van der Waals surface area (Å²) in [7, 11) is 0. The molecular weight excluding hydrogens is 364 g/mol. The molecule has 0 saturated carbocycles. The Morgan fingerprint density at radius 2 is 1.93 bits per heavy atom. The molecule has 1 aliphatic rings. The van der Waals surface area contributed by atoms with Gasteiger partial charge in [-0.2, -0.15) is 0 Å². The number of hydrogen-bond acceptors (Lipinski definition) is 4. The zero-order chi connectivity index (χ0) is 19.2. The van der Waals surface area contributed by atoms with Gasteiger partial charge in [0.05, 0.1) is 17.0 Å². The molecule has 0 bridgehead atoms. The van der Waals surface area contributed by atoms with Crippen LogP contribution < -0.4 is 10.5 Å². The molecule has 1 amide bonds. The molecule has 0 N–H and O–H groups in total. The van der Waals surface area contributed by atoms with Gasteiger partial charge in [-0.25, -0.2) is 4.98 Å². The zero-order valence-corrected chi connectivity index (χ0v) is 16.4. The highest BCUT2D eigenvalue weighted by molar-refractivity contribution is 6.33. The van der Waals surface area contributed by atoms with Gasteiger partial charge in [0.15, 0.2) is 0 Å². The average Bonchev–Trinajstić information content (AvgIpc) is 2.68. The van der Waals surface area contributed by atoms with Gasteiger partial charge in [-0.15, -0.1) is 0 Å². The molecule has 1 aliphatic heterocycles. The quantitative estimate of drug-likeness (QED) is 0.763. The molecule has 0 unspecified atom stereocenters. The maximum atomic E-state index is 12.6. The number of aromatic nitrogens is 2. The Bertz CT molecular complexity index is 844. The number of unbranched alkanes of at least 4 members (excludes halogenated alkanes) is 1. The van der Waals surface area contributed by atoms with E-state index in [0.29, 0.717) is 13.1 Å². The van der Waals surface area contributed by atoms with Crippen molar-refractivity contribution in [2.75, 3.05) is 31.1 Å². The van der Waals surface area contributed by atoms with Crippen LogP contribution in [0.3, 0.4) is 0 Å². The van der Waals surface area contributed by atoms with E-state index in [1.54, 1.807) is 4.90 Å². The summed E-state index contributed by atoms with van der Waals surface area (Å²) in [5, 5.41) is 0.720. The van der Waals surface area contributed by atoms with Gasteiger partial charge in [0.25, 0.3) is 5.56 Å². The Morgan fingerprint density at radius 3 is 2.59 bits per heavy atom. The number of carbonyl (C=O) groups is 1. The van der Waals surface area contributed by atoms with E-state index in [1.807, 2.05) is 24.3 Å². The number of halogens is 1. The Balaban J connectivity index is 1.57. The largest absolute Gasteiger partial charge is 0.367 e. The average molecular weight is 389 g/mol. The van der Waals surface area contributed by atoms with Gasteiger partial charge in [-0.05, 0) is 25.0 Å². The predicted octanol–water partition coefficient (Wildman–Crippen LogP) is 2.59. The van der Waals surface area contributed by atoms with Crippen LogP contribution in [-0.4, -0.2) is 46.5 Å². The molecule has 144 valence electrons. The summed E-state index contributed by atoms with van der Waals surface area (Å²) in [4.78, 5) is 33.1. The van der Waals surface area contributed by atoms with Crippen LogP contribution in [0.1, 0.15) is 25.5 Å². The van der Waals surface area contributed by atoms with Crippen molar-refractivity contribution in [1.29, 1.82) is 0 Å². The third-order valence-corrected chi connectivity index (χ3v) is 5.17. The van der Waals surface area contributed by atoms with Crippen LogP contribution in [0.2, 0.25) is 5.02 Å². The molecule has 1 aromatic heterocycles. The second kappa shape index (κ2) is 9.04. The van der Waals surface area contributed by atoms with Gasteiger partial charge >= 0.3 is 0 Å². The van der Waals surface area contributed by atoms with Crippen molar-refractivity contribution in [3.05, 3.63) is 57.7 Å². The van der Waals surface area contributed by atoms with E-state index in [0.717, 1.165) is 48.8 Å². The second-order valence-electron chi connectivity index (χ2n) is 6.77. The lowest BCUT2D eigenvalue weighted by atomic mass is 10.2. The highest BCUT2D eigenvalue weighted by atomic mass is 35.5. The summed E-state index contributed by atoms with van der Waals surface area (Å²) in [6.07, 6.45) is 4.35. The first-order valence-electron chi connectivity index (χ1n) is 9.41. The third kappa shape index (κ3) is 4.89. The lowest BCUT2D eigenvalue weighted by molar-refractivity contribution is -0.132. The van der Waals surface area contributed by atoms with Gasteiger partial charge in [0.2, 0.25) is 5.91 Å². The summed E-state index contributed by atoms with van der Waals surface area (Å²) in [5.41, 5.74) is 1.62. The van der Waals surface area contributed by atoms with Gasteiger partial charge in [0.1, 0.15) is 6.54 Å². The molecule has 27 heavy (non-hydrogen) atoms. The molecule has 1 fully saturated rings. The summed E-state index contributed by atoms with van der Waals surface area (Å²) < 4.78 is 1.39. The second-order valence-corrected chi connectivity index (χ2v) is 7.18. The van der Waals surface area contributed by atoms with Crippen molar-refractivity contribution in [1.82, 2.24) is 14.5 Å². The van der Waals surface area contributed by atoms with E-state index < -0.39 is 0 Å².